The lowest BCUT2D eigenvalue weighted by Gasteiger charge is -2.21. The van der Waals surface area contributed by atoms with E-state index in [0.717, 1.165) is 24.4 Å². The maximum atomic E-state index is 12.5. The third kappa shape index (κ3) is 3.89. The Balaban J connectivity index is 2.25. The van der Waals surface area contributed by atoms with Crippen molar-refractivity contribution in [1.29, 1.82) is 0 Å². The first-order valence-corrected chi connectivity index (χ1v) is 8.85. The van der Waals surface area contributed by atoms with E-state index in [4.69, 9.17) is 23.2 Å². The molecule has 0 aliphatic carbocycles. The Morgan fingerprint density at radius 3 is 2.68 bits per heavy atom. The lowest BCUT2D eigenvalue weighted by atomic mass is 10.1. The standard InChI is InChI=1S/C17H19Cl2NOS/c1-4-5-8-20-11(2)12(3)22-17(20)10-16(21)14-7-6-13(18)9-15(14)19/h6-7,9-10H,4-5,8H2,1-3H3/b17-10-. The van der Waals surface area contributed by atoms with E-state index >= 15 is 0 Å². The number of hydrogen-bond acceptors (Lipinski definition) is 3. The average molecular weight is 356 g/mol. The number of thioether (sulfide) groups is 1. The monoisotopic (exact) mass is 355 g/mol. The summed E-state index contributed by atoms with van der Waals surface area (Å²) in [5.41, 5.74) is 1.71. The van der Waals surface area contributed by atoms with E-state index in [0.29, 0.717) is 15.6 Å². The van der Waals surface area contributed by atoms with E-state index in [9.17, 15) is 4.79 Å². The van der Waals surface area contributed by atoms with E-state index in [2.05, 4.69) is 25.7 Å². The molecule has 22 heavy (non-hydrogen) atoms. The minimum atomic E-state index is -0.0897. The van der Waals surface area contributed by atoms with Gasteiger partial charge in [0.25, 0.3) is 0 Å². The van der Waals surface area contributed by atoms with Crippen LogP contribution in [0.2, 0.25) is 10.0 Å². The first-order chi connectivity index (χ1) is 10.4. The number of carbonyl (C=O) groups excluding carboxylic acids is 1. The quantitative estimate of drug-likeness (QED) is 0.468. The van der Waals surface area contributed by atoms with Crippen LogP contribution in [0.5, 0.6) is 0 Å². The summed E-state index contributed by atoms with van der Waals surface area (Å²) in [7, 11) is 0. The largest absolute Gasteiger partial charge is 0.339 e. The fraction of sp³-hybridized carbons (Fsp3) is 0.353. The maximum absolute atomic E-state index is 12.5. The summed E-state index contributed by atoms with van der Waals surface area (Å²) in [4.78, 5) is 16.0. The zero-order valence-corrected chi connectivity index (χ0v) is 15.3. The molecule has 2 nitrogen and oxygen atoms in total. The Morgan fingerprint density at radius 2 is 2.05 bits per heavy atom. The third-order valence-corrected chi connectivity index (χ3v) is 5.32. The minimum Gasteiger partial charge on any atom is -0.339 e. The van der Waals surface area contributed by atoms with Crippen molar-refractivity contribution in [3.63, 3.8) is 0 Å². The predicted octanol–water partition coefficient (Wildman–Crippen LogP) is 6.12. The van der Waals surface area contributed by atoms with Crippen LogP contribution in [0.1, 0.15) is 44.0 Å². The van der Waals surface area contributed by atoms with Crippen LogP contribution in [-0.4, -0.2) is 17.2 Å². The Morgan fingerprint density at radius 1 is 1.32 bits per heavy atom. The molecule has 1 aromatic carbocycles. The first kappa shape index (κ1) is 17.5. The van der Waals surface area contributed by atoms with E-state index in [1.54, 1.807) is 36.0 Å². The molecule has 0 spiro atoms. The van der Waals surface area contributed by atoms with Gasteiger partial charge in [0.15, 0.2) is 5.78 Å². The molecular weight excluding hydrogens is 337 g/mol. The second-order valence-electron chi connectivity index (χ2n) is 5.22. The van der Waals surface area contributed by atoms with Crippen LogP contribution >= 0.6 is 35.0 Å². The van der Waals surface area contributed by atoms with Gasteiger partial charge in [0.2, 0.25) is 0 Å². The molecule has 0 N–H and O–H groups in total. The molecule has 0 aromatic heterocycles. The number of ketones is 1. The Bertz CT molecular complexity index is 652. The SMILES string of the molecule is CCCCN1C(C)=C(C)S/C1=C\C(=O)c1ccc(Cl)cc1Cl. The van der Waals surface area contributed by atoms with Gasteiger partial charge in [-0.1, -0.05) is 48.3 Å². The average Bonchev–Trinajstić information content (AvgIpc) is 2.71. The van der Waals surface area contributed by atoms with Crippen LogP contribution in [0.4, 0.5) is 0 Å². The Kier molecular flexibility index (Phi) is 6.01. The number of rotatable bonds is 5. The van der Waals surface area contributed by atoms with Gasteiger partial charge in [0.05, 0.1) is 10.1 Å². The minimum absolute atomic E-state index is 0.0897. The van der Waals surface area contributed by atoms with Gasteiger partial charge in [-0.2, -0.15) is 0 Å². The smallest absolute Gasteiger partial charge is 0.189 e. The number of hydrogen-bond donors (Lipinski definition) is 0. The summed E-state index contributed by atoms with van der Waals surface area (Å²) in [6.07, 6.45) is 3.89. The van der Waals surface area contributed by atoms with Crippen LogP contribution in [-0.2, 0) is 0 Å². The summed E-state index contributed by atoms with van der Waals surface area (Å²) < 4.78 is 0. The van der Waals surface area contributed by atoms with Crippen LogP contribution in [0.25, 0.3) is 0 Å². The van der Waals surface area contributed by atoms with E-state index < -0.39 is 0 Å². The molecule has 0 atom stereocenters. The fourth-order valence-corrected chi connectivity index (χ4v) is 3.80. The molecule has 2 rings (SSSR count). The number of unbranched alkanes of at least 4 members (excludes halogenated alkanes) is 1. The first-order valence-electron chi connectivity index (χ1n) is 7.28. The van der Waals surface area contributed by atoms with Crippen molar-refractivity contribution >= 4 is 40.7 Å². The van der Waals surface area contributed by atoms with Gasteiger partial charge >= 0.3 is 0 Å². The fourth-order valence-electron chi connectivity index (χ4n) is 2.22. The van der Waals surface area contributed by atoms with Crippen molar-refractivity contribution in [3.05, 3.63) is 55.5 Å². The Labute approximate surface area is 146 Å². The van der Waals surface area contributed by atoms with Crippen LogP contribution in [0.15, 0.2) is 39.9 Å². The van der Waals surface area contributed by atoms with Crippen LogP contribution in [0.3, 0.4) is 0 Å². The van der Waals surface area contributed by atoms with Crippen LogP contribution < -0.4 is 0 Å². The number of benzene rings is 1. The van der Waals surface area contributed by atoms with Crippen molar-refractivity contribution in [3.8, 4) is 0 Å². The van der Waals surface area contributed by atoms with Gasteiger partial charge in [0.1, 0.15) is 0 Å². The number of halogens is 2. The van der Waals surface area contributed by atoms with Crippen molar-refractivity contribution < 1.29 is 4.79 Å². The van der Waals surface area contributed by atoms with Gasteiger partial charge in [-0.25, -0.2) is 0 Å². The Hall–Kier alpha value is -0.900. The molecular formula is C17H19Cl2NOS. The molecule has 0 saturated carbocycles. The summed E-state index contributed by atoms with van der Waals surface area (Å²) in [6, 6.07) is 4.96. The molecule has 0 fully saturated rings. The lowest BCUT2D eigenvalue weighted by molar-refractivity contribution is 0.104. The second-order valence-corrected chi connectivity index (χ2v) is 7.30. The van der Waals surface area contributed by atoms with Gasteiger partial charge < -0.3 is 4.90 Å². The van der Waals surface area contributed by atoms with Gasteiger partial charge in [-0.15, -0.1) is 0 Å². The summed E-state index contributed by atoms with van der Waals surface area (Å²) >= 11 is 13.6. The predicted molar refractivity (Wildman–Crippen MR) is 96.5 cm³/mol. The van der Waals surface area contributed by atoms with Crippen molar-refractivity contribution in [2.24, 2.45) is 0 Å². The molecule has 5 heteroatoms. The van der Waals surface area contributed by atoms with Crippen molar-refractivity contribution in [2.45, 2.75) is 33.6 Å². The molecule has 1 aromatic rings. The second kappa shape index (κ2) is 7.58. The highest BCUT2D eigenvalue weighted by Crippen LogP contribution is 2.41. The van der Waals surface area contributed by atoms with E-state index in [1.807, 2.05) is 0 Å². The molecule has 0 bridgehead atoms. The van der Waals surface area contributed by atoms with E-state index in [-0.39, 0.29) is 5.78 Å². The van der Waals surface area contributed by atoms with Gasteiger partial charge in [-0.05, 0) is 38.5 Å². The highest BCUT2D eigenvalue weighted by Gasteiger charge is 2.23. The summed E-state index contributed by atoms with van der Waals surface area (Å²) in [5, 5.41) is 1.89. The van der Waals surface area contributed by atoms with Crippen molar-refractivity contribution in [2.75, 3.05) is 6.54 Å². The molecule has 0 amide bonds. The van der Waals surface area contributed by atoms with E-state index in [1.165, 1.54) is 10.6 Å². The zero-order valence-electron chi connectivity index (χ0n) is 13.0. The third-order valence-electron chi connectivity index (χ3n) is 3.62. The molecule has 0 unspecified atom stereocenters. The zero-order chi connectivity index (χ0) is 16.3. The van der Waals surface area contributed by atoms with Crippen LogP contribution in [0, 0.1) is 0 Å². The topological polar surface area (TPSA) is 20.3 Å². The summed E-state index contributed by atoms with van der Waals surface area (Å²) in [5.74, 6) is -0.0897. The molecule has 118 valence electrons. The van der Waals surface area contributed by atoms with Crippen molar-refractivity contribution in [1.82, 2.24) is 4.90 Å². The number of allylic oxidation sites excluding steroid dienone is 3. The molecule has 1 heterocycles. The van der Waals surface area contributed by atoms with Gasteiger partial charge in [0, 0.05) is 33.8 Å². The highest BCUT2D eigenvalue weighted by molar-refractivity contribution is 8.06. The number of nitrogens with zero attached hydrogens (tertiary/aromatic N) is 1. The molecule has 1 aliphatic heterocycles. The molecule has 1 aliphatic rings. The normalized spacial score (nSPS) is 16.8. The highest BCUT2D eigenvalue weighted by atomic mass is 35.5. The molecule has 0 saturated heterocycles. The van der Waals surface area contributed by atoms with Gasteiger partial charge in [-0.3, -0.25) is 4.79 Å². The number of carbonyl (C=O) groups is 1. The summed E-state index contributed by atoms with van der Waals surface area (Å²) in [6.45, 7) is 7.27. The molecule has 0 radical (unpaired) electrons. The maximum Gasteiger partial charge on any atom is 0.189 e. The lowest BCUT2D eigenvalue weighted by Crippen LogP contribution is -2.18.